The molecule has 23 heavy (non-hydrogen) atoms. The van der Waals surface area contributed by atoms with Crippen molar-refractivity contribution in [3.05, 3.63) is 65.7 Å². The number of amides is 2. The third-order valence-corrected chi connectivity index (χ3v) is 3.68. The van der Waals surface area contributed by atoms with Crippen molar-refractivity contribution in [2.45, 2.75) is 32.4 Å². The van der Waals surface area contributed by atoms with Crippen LogP contribution in [0.4, 0.5) is 10.5 Å². The van der Waals surface area contributed by atoms with Crippen molar-refractivity contribution in [3.8, 4) is 0 Å². The standard InChI is InChI=1S/C19H24N2O2/c1-3-17(13-15-7-5-4-6-8-15)20-19(22)21-18-11-9-16(10-12-18)14-23-2/h4-12,17H,3,13-14H2,1-2H3,(H2,20,21,22)/t17-/m0/s1. The second-order valence-corrected chi connectivity index (χ2v) is 5.52. The van der Waals surface area contributed by atoms with E-state index in [1.807, 2.05) is 42.5 Å². The molecule has 2 aromatic rings. The predicted molar refractivity (Wildman–Crippen MR) is 93.5 cm³/mol. The summed E-state index contributed by atoms with van der Waals surface area (Å²) in [4.78, 5) is 12.1. The first-order valence-electron chi connectivity index (χ1n) is 7.90. The molecule has 2 amide bonds. The molecule has 0 saturated carbocycles. The number of methoxy groups -OCH3 is 1. The third-order valence-electron chi connectivity index (χ3n) is 3.68. The van der Waals surface area contributed by atoms with Crippen LogP contribution >= 0.6 is 0 Å². The molecule has 0 radical (unpaired) electrons. The van der Waals surface area contributed by atoms with Crippen molar-refractivity contribution in [2.24, 2.45) is 0 Å². The molecule has 0 aliphatic heterocycles. The zero-order chi connectivity index (χ0) is 16.5. The van der Waals surface area contributed by atoms with E-state index in [9.17, 15) is 4.79 Å². The first-order chi connectivity index (χ1) is 11.2. The third kappa shape index (κ3) is 5.75. The maximum absolute atomic E-state index is 12.1. The molecule has 2 rings (SSSR count). The van der Waals surface area contributed by atoms with Crippen LogP contribution in [0.5, 0.6) is 0 Å². The van der Waals surface area contributed by atoms with Crippen LogP contribution in [-0.2, 0) is 17.8 Å². The summed E-state index contributed by atoms with van der Waals surface area (Å²) in [5, 5.41) is 5.90. The molecule has 0 unspecified atom stereocenters. The minimum Gasteiger partial charge on any atom is -0.380 e. The molecule has 0 bridgehead atoms. The molecule has 2 N–H and O–H groups in total. The molecule has 2 aromatic carbocycles. The molecule has 0 aliphatic rings. The Hall–Kier alpha value is -2.33. The predicted octanol–water partition coefficient (Wildman–Crippen LogP) is 3.98. The Morgan fingerprint density at radius 1 is 1.04 bits per heavy atom. The lowest BCUT2D eigenvalue weighted by atomic mass is 10.0. The SMILES string of the molecule is CC[C@@H](Cc1ccccc1)NC(=O)Nc1ccc(COC)cc1. The monoisotopic (exact) mass is 312 g/mol. The van der Waals surface area contributed by atoms with E-state index >= 15 is 0 Å². The summed E-state index contributed by atoms with van der Waals surface area (Å²) in [5.74, 6) is 0. The fraction of sp³-hybridized carbons (Fsp3) is 0.316. The molecule has 1 atom stereocenters. The summed E-state index contributed by atoms with van der Waals surface area (Å²) in [6.07, 6.45) is 1.71. The van der Waals surface area contributed by atoms with Gasteiger partial charge in [-0.1, -0.05) is 49.4 Å². The number of nitrogens with one attached hydrogen (secondary N) is 2. The van der Waals surface area contributed by atoms with Gasteiger partial charge in [0.15, 0.2) is 0 Å². The molecule has 0 aromatic heterocycles. The van der Waals surface area contributed by atoms with E-state index in [4.69, 9.17) is 4.74 Å². The Bertz CT molecular complexity index is 597. The zero-order valence-electron chi connectivity index (χ0n) is 13.7. The van der Waals surface area contributed by atoms with Gasteiger partial charge < -0.3 is 15.4 Å². The van der Waals surface area contributed by atoms with Gasteiger partial charge >= 0.3 is 6.03 Å². The second kappa shape index (κ2) is 8.96. The van der Waals surface area contributed by atoms with Crippen LogP contribution < -0.4 is 10.6 Å². The van der Waals surface area contributed by atoms with Gasteiger partial charge in [0.05, 0.1) is 6.61 Å². The van der Waals surface area contributed by atoms with E-state index in [2.05, 4.69) is 29.7 Å². The fourth-order valence-electron chi connectivity index (χ4n) is 2.40. The molecular weight excluding hydrogens is 288 g/mol. The number of hydrogen-bond acceptors (Lipinski definition) is 2. The number of anilines is 1. The minimum absolute atomic E-state index is 0.116. The molecule has 0 heterocycles. The van der Waals surface area contributed by atoms with E-state index in [1.54, 1.807) is 7.11 Å². The van der Waals surface area contributed by atoms with Crippen molar-refractivity contribution in [1.82, 2.24) is 5.32 Å². The van der Waals surface area contributed by atoms with Gasteiger partial charge in [0.25, 0.3) is 0 Å². The highest BCUT2D eigenvalue weighted by Crippen LogP contribution is 2.11. The van der Waals surface area contributed by atoms with Crippen molar-refractivity contribution in [2.75, 3.05) is 12.4 Å². The van der Waals surface area contributed by atoms with E-state index in [0.717, 1.165) is 24.1 Å². The van der Waals surface area contributed by atoms with E-state index < -0.39 is 0 Å². The number of benzene rings is 2. The van der Waals surface area contributed by atoms with Crippen LogP contribution in [0, 0.1) is 0 Å². The molecule has 0 saturated heterocycles. The average molecular weight is 312 g/mol. The van der Waals surface area contributed by atoms with Gasteiger partial charge in [0.2, 0.25) is 0 Å². The van der Waals surface area contributed by atoms with E-state index in [1.165, 1.54) is 5.56 Å². The first kappa shape index (κ1) is 17.0. The number of ether oxygens (including phenoxy) is 1. The average Bonchev–Trinajstić information content (AvgIpc) is 2.57. The molecular formula is C19H24N2O2. The van der Waals surface area contributed by atoms with Crippen molar-refractivity contribution in [1.29, 1.82) is 0 Å². The van der Waals surface area contributed by atoms with Gasteiger partial charge in [-0.05, 0) is 36.1 Å². The van der Waals surface area contributed by atoms with Gasteiger partial charge in [0, 0.05) is 18.8 Å². The maximum atomic E-state index is 12.1. The van der Waals surface area contributed by atoms with Gasteiger partial charge in [-0.15, -0.1) is 0 Å². The Morgan fingerprint density at radius 2 is 1.74 bits per heavy atom. The largest absolute Gasteiger partial charge is 0.380 e. The summed E-state index contributed by atoms with van der Waals surface area (Å²) in [6.45, 7) is 2.65. The number of carbonyl (C=O) groups excluding carboxylic acids is 1. The zero-order valence-corrected chi connectivity index (χ0v) is 13.7. The van der Waals surface area contributed by atoms with Crippen LogP contribution in [0.1, 0.15) is 24.5 Å². The molecule has 122 valence electrons. The first-order valence-corrected chi connectivity index (χ1v) is 7.90. The number of urea groups is 1. The van der Waals surface area contributed by atoms with Crippen LogP contribution in [0.2, 0.25) is 0 Å². The van der Waals surface area contributed by atoms with Crippen molar-refractivity contribution < 1.29 is 9.53 Å². The summed E-state index contributed by atoms with van der Waals surface area (Å²) < 4.78 is 5.07. The van der Waals surface area contributed by atoms with Crippen LogP contribution in [0.25, 0.3) is 0 Å². The lowest BCUT2D eigenvalue weighted by Gasteiger charge is -2.17. The van der Waals surface area contributed by atoms with Gasteiger partial charge in [-0.2, -0.15) is 0 Å². The molecule has 0 aliphatic carbocycles. The lowest BCUT2D eigenvalue weighted by Crippen LogP contribution is -2.38. The summed E-state index contributed by atoms with van der Waals surface area (Å²) in [5.41, 5.74) is 3.08. The molecule has 4 heteroatoms. The quantitative estimate of drug-likeness (QED) is 0.812. The highest BCUT2D eigenvalue weighted by Gasteiger charge is 2.11. The maximum Gasteiger partial charge on any atom is 0.319 e. The summed E-state index contributed by atoms with van der Waals surface area (Å²) >= 11 is 0. The normalized spacial score (nSPS) is 11.7. The highest BCUT2D eigenvalue weighted by atomic mass is 16.5. The second-order valence-electron chi connectivity index (χ2n) is 5.52. The Balaban J connectivity index is 1.87. The Labute approximate surface area is 137 Å². The Morgan fingerprint density at radius 3 is 2.35 bits per heavy atom. The molecule has 4 nitrogen and oxygen atoms in total. The van der Waals surface area contributed by atoms with E-state index in [0.29, 0.717) is 6.61 Å². The van der Waals surface area contributed by atoms with E-state index in [-0.39, 0.29) is 12.1 Å². The number of rotatable bonds is 7. The smallest absolute Gasteiger partial charge is 0.319 e. The molecule has 0 spiro atoms. The highest BCUT2D eigenvalue weighted by molar-refractivity contribution is 5.89. The lowest BCUT2D eigenvalue weighted by molar-refractivity contribution is 0.185. The van der Waals surface area contributed by atoms with Crippen molar-refractivity contribution in [3.63, 3.8) is 0 Å². The van der Waals surface area contributed by atoms with Gasteiger partial charge in [-0.3, -0.25) is 0 Å². The summed E-state index contributed by atoms with van der Waals surface area (Å²) in [6, 6.07) is 17.8. The number of carbonyl (C=O) groups is 1. The number of hydrogen-bond donors (Lipinski definition) is 2. The Kier molecular flexibility index (Phi) is 6.63. The molecule has 0 fully saturated rings. The minimum atomic E-state index is -0.174. The summed E-state index contributed by atoms with van der Waals surface area (Å²) in [7, 11) is 1.66. The van der Waals surface area contributed by atoms with Crippen LogP contribution in [0.15, 0.2) is 54.6 Å². The van der Waals surface area contributed by atoms with Gasteiger partial charge in [-0.25, -0.2) is 4.79 Å². The topological polar surface area (TPSA) is 50.4 Å². The van der Waals surface area contributed by atoms with Crippen LogP contribution in [0.3, 0.4) is 0 Å². The van der Waals surface area contributed by atoms with Crippen LogP contribution in [-0.4, -0.2) is 19.2 Å². The van der Waals surface area contributed by atoms with Crippen molar-refractivity contribution >= 4 is 11.7 Å². The fourth-order valence-corrected chi connectivity index (χ4v) is 2.40. The van der Waals surface area contributed by atoms with Gasteiger partial charge in [0.1, 0.15) is 0 Å².